The van der Waals surface area contributed by atoms with Gasteiger partial charge in [-0.1, -0.05) is 42.5 Å². The average molecular weight is 728 g/mol. The molecule has 0 bridgehead atoms. The first kappa shape index (κ1) is 38.3. The molecule has 5 rings (SSSR count). The van der Waals surface area contributed by atoms with Crippen LogP contribution >= 0.6 is 0 Å². The van der Waals surface area contributed by atoms with Crippen LogP contribution in [0.3, 0.4) is 0 Å². The van der Waals surface area contributed by atoms with E-state index in [2.05, 4.69) is 22.5 Å². The molecule has 1 aromatic heterocycles. The van der Waals surface area contributed by atoms with Gasteiger partial charge in [0.05, 0.1) is 24.9 Å². The minimum Gasteiger partial charge on any atom is -0.497 e. The number of alkyl carbamates (subject to hydrolysis) is 1. The molecule has 4 N–H and O–H groups in total. The van der Waals surface area contributed by atoms with Gasteiger partial charge in [0.2, 0.25) is 17.7 Å². The Morgan fingerprint density at radius 2 is 1.85 bits per heavy atom. The predicted octanol–water partition coefficient (Wildman–Crippen LogP) is 3.99. The maximum absolute atomic E-state index is 14.4. The molecular weight excluding hydrogens is 682 g/mol. The maximum atomic E-state index is 14.4. The summed E-state index contributed by atoms with van der Waals surface area (Å²) in [5.74, 6) is -2.61. The number of ether oxygens (including phenoxy) is 3. The van der Waals surface area contributed by atoms with Gasteiger partial charge in [0.1, 0.15) is 40.8 Å². The van der Waals surface area contributed by atoms with Gasteiger partial charge < -0.3 is 40.2 Å². The van der Waals surface area contributed by atoms with Crippen molar-refractivity contribution in [1.29, 1.82) is 0 Å². The highest BCUT2D eigenvalue weighted by Gasteiger charge is 2.61. The van der Waals surface area contributed by atoms with Crippen LogP contribution in [0.5, 0.6) is 11.5 Å². The van der Waals surface area contributed by atoms with E-state index in [1.807, 2.05) is 30.3 Å². The zero-order valence-electron chi connectivity index (χ0n) is 30.4. The third-order valence-electron chi connectivity index (χ3n) is 9.01. The number of allylic oxidation sites excluding steroid dienone is 1. The number of nitrogens with one attached hydrogen (secondary N) is 3. The number of carboxylic acids is 1. The molecular formula is C39H45N5O9. The SMILES string of the molecule is C=CC1C[C@]1(NC(=O)[C@@H]1C[C@@H](Oc2cc(-c3ccccc3)nc3cc(OC)ccc23)CN1C(=O)[C@H](CNC(=O)/C=C/C)NC(=O)OC(C)(C)C)C(=O)O. The molecule has 1 aliphatic heterocycles. The van der Waals surface area contributed by atoms with Crippen molar-refractivity contribution in [1.82, 2.24) is 25.8 Å². The van der Waals surface area contributed by atoms with Crippen molar-refractivity contribution >= 4 is 40.7 Å². The van der Waals surface area contributed by atoms with Crippen molar-refractivity contribution in [2.75, 3.05) is 20.2 Å². The summed E-state index contributed by atoms with van der Waals surface area (Å²) in [6, 6.07) is 14.1. The number of methoxy groups -OCH3 is 1. The van der Waals surface area contributed by atoms with Gasteiger partial charge in [-0.2, -0.15) is 0 Å². The van der Waals surface area contributed by atoms with Crippen LogP contribution in [0.2, 0.25) is 0 Å². The fourth-order valence-corrected chi connectivity index (χ4v) is 6.29. The van der Waals surface area contributed by atoms with E-state index in [-0.39, 0.29) is 25.9 Å². The lowest BCUT2D eigenvalue weighted by Gasteiger charge is -2.30. The van der Waals surface area contributed by atoms with Crippen molar-refractivity contribution in [3.63, 3.8) is 0 Å². The second-order valence-electron chi connectivity index (χ2n) is 14.0. The van der Waals surface area contributed by atoms with Crippen LogP contribution in [0, 0.1) is 5.92 Å². The summed E-state index contributed by atoms with van der Waals surface area (Å²) in [5.41, 5.74) is -0.418. The van der Waals surface area contributed by atoms with Crippen LogP contribution < -0.4 is 25.4 Å². The Bertz CT molecular complexity index is 1930. The molecule has 2 aromatic carbocycles. The second-order valence-corrected chi connectivity index (χ2v) is 14.0. The summed E-state index contributed by atoms with van der Waals surface area (Å²) in [4.78, 5) is 72.1. The number of aromatic nitrogens is 1. The van der Waals surface area contributed by atoms with Crippen molar-refractivity contribution < 1.29 is 43.3 Å². The highest BCUT2D eigenvalue weighted by atomic mass is 16.6. The zero-order chi connectivity index (χ0) is 38.5. The summed E-state index contributed by atoms with van der Waals surface area (Å²) in [7, 11) is 1.55. The molecule has 14 heteroatoms. The number of aliphatic carboxylic acids is 1. The van der Waals surface area contributed by atoms with Crippen LogP contribution in [0.4, 0.5) is 4.79 Å². The first-order valence-electron chi connectivity index (χ1n) is 17.3. The summed E-state index contributed by atoms with van der Waals surface area (Å²) in [5, 5.41) is 18.5. The number of amides is 4. The number of likely N-dealkylation sites (tertiary alicyclic amines) is 1. The molecule has 53 heavy (non-hydrogen) atoms. The first-order chi connectivity index (χ1) is 25.2. The monoisotopic (exact) mass is 727 g/mol. The van der Waals surface area contributed by atoms with Gasteiger partial charge in [0.25, 0.3) is 0 Å². The molecule has 0 radical (unpaired) electrons. The standard InChI is InChI=1S/C39H45N5O9/c1-7-12-33(45)40-21-30(42-37(50)53-38(3,4)5)35(47)44-22-26(18-31(44)34(46)43-39(36(48)49)20-24(39)8-2)52-32-19-28(23-13-10-9-11-14-23)41-29-17-25(51-6)15-16-27(29)32/h7-17,19,24,26,30-31H,2,18,20-22H2,1,3-6H3,(H,40,45)(H,42,50)(H,43,46)(H,48,49)/b12-7+/t24?,26-,30+,31+,39-/m1/s1. The third-order valence-corrected chi connectivity index (χ3v) is 9.01. The fourth-order valence-electron chi connectivity index (χ4n) is 6.29. The highest BCUT2D eigenvalue weighted by molar-refractivity contribution is 5.97. The number of carbonyl (C=O) groups is 5. The molecule has 3 aromatic rings. The summed E-state index contributed by atoms with van der Waals surface area (Å²) in [6.07, 6.45) is 2.71. The van der Waals surface area contributed by atoms with Crippen molar-refractivity contribution in [3.8, 4) is 22.8 Å². The second kappa shape index (κ2) is 15.8. The van der Waals surface area contributed by atoms with Crippen LogP contribution in [0.15, 0.2) is 79.4 Å². The number of carbonyl (C=O) groups excluding carboxylic acids is 4. The van der Waals surface area contributed by atoms with Gasteiger partial charge in [0.15, 0.2) is 0 Å². The number of benzene rings is 2. The summed E-state index contributed by atoms with van der Waals surface area (Å²) in [6.45, 7) is 9.89. The number of fused-ring (bicyclic) bond motifs is 1. The highest BCUT2D eigenvalue weighted by Crippen LogP contribution is 2.45. The number of hydrogen-bond donors (Lipinski definition) is 4. The van der Waals surface area contributed by atoms with E-state index >= 15 is 0 Å². The Morgan fingerprint density at radius 1 is 1.11 bits per heavy atom. The first-order valence-corrected chi connectivity index (χ1v) is 17.3. The van der Waals surface area contributed by atoms with Crippen LogP contribution in [-0.4, -0.2) is 94.3 Å². The van der Waals surface area contributed by atoms with Gasteiger partial charge >= 0.3 is 12.1 Å². The molecule has 5 atom stereocenters. The molecule has 1 saturated carbocycles. The molecule has 1 aliphatic carbocycles. The Balaban J connectivity index is 1.50. The largest absolute Gasteiger partial charge is 0.497 e. The molecule has 2 aliphatic rings. The van der Waals surface area contributed by atoms with Gasteiger partial charge in [-0.25, -0.2) is 14.6 Å². The average Bonchev–Trinajstić information content (AvgIpc) is 3.68. The van der Waals surface area contributed by atoms with E-state index < -0.39 is 65.0 Å². The molecule has 1 saturated heterocycles. The lowest BCUT2D eigenvalue weighted by atomic mass is 10.1. The topological polar surface area (TPSA) is 185 Å². The molecule has 1 unspecified atom stereocenters. The normalized spacial score (nSPS) is 21.4. The van der Waals surface area contributed by atoms with E-state index in [9.17, 15) is 29.1 Å². The Kier molecular flexibility index (Phi) is 11.4. The number of carboxylic acid groups (broad SMARTS) is 1. The van der Waals surface area contributed by atoms with E-state index in [1.165, 1.54) is 23.1 Å². The summed E-state index contributed by atoms with van der Waals surface area (Å²) < 4.78 is 17.4. The maximum Gasteiger partial charge on any atom is 0.408 e. The quantitative estimate of drug-likeness (QED) is 0.148. The van der Waals surface area contributed by atoms with Crippen molar-refractivity contribution in [2.24, 2.45) is 5.92 Å². The molecule has 14 nitrogen and oxygen atoms in total. The third kappa shape index (κ3) is 8.94. The molecule has 2 fully saturated rings. The van der Waals surface area contributed by atoms with Gasteiger partial charge in [-0.15, -0.1) is 6.58 Å². The van der Waals surface area contributed by atoms with Gasteiger partial charge in [0, 0.05) is 42.0 Å². The number of hydrogen-bond acceptors (Lipinski definition) is 9. The van der Waals surface area contributed by atoms with Crippen LogP contribution in [-0.2, 0) is 23.9 Å². The lowest BCUT2D eigenvalue weighted by Crippen LogP contribution is -2.58. The predicted molar refractivity (Wildman–Crippen MR) is 196 cm³/mol. The summed E-state index contributed by atoms with van der Waals surface area (Å²) >= 11 is 0. The molecule has 0 spiro atoms. The fraction of sp³-hybridized carbons (Fsp3) is 0.385. The van der Waals surface area contributed by atoms with Crippen molar-refractivity contribution in [2.45, 2.75) is 69.9 Å². The van der Waals surface area contributed by atoms with E-state index in [0.29, 0.717) is 28.1 Å². The van der Waals surface area contributed by atoms with Crippen molar-refractivity contribution in [3.05, 3.63) is 79.4 Å². The smallest absolute Gasteiger partial charge is 0.408 e. The zero-order valence-corrected chi connectivity index (χ0v) is 30.4. The van der Waals surface area contributed by atoms with Gasteiger partial charge in [-0.3, -0.25) is 14.4 Å². The van der Waals surface area contributed by atoms with E-state index in [4.69, 9.17) is 19.2 Å². The van der Waals surface area contributed by atoms with Crippen LogP contribution in [0.1, 0.15) is 40.5 Å². The number of nitrogens with zero attached hydrogens (tertiary/aromatic N) is 2. The minimum atomic E-state index is -1.56. The molecule has 280 valence electrons. The number of pyridine rings is 1. The van der Waals surface area contributed by atoms with E-state index in [1.54, 1.807) is 59.1 Å². The Hall–Kier alpha value is -5.92. The minimum absolute atomic E-state index is 0.0171. The van der Waals surface area contributed by atoms with Crippen LogP contribution in [0.25, 0.3) is 22.2 Å². The van der Waals surface area contributed by atoms with Gasteiger partial charge in [-0.05, 0) is 52.3 Å². The molecule has 2 heterocycles. The van der Waals surface area contributed by atoms with E-state index in [0.717, 1.165) is 5.56 Å². The number of rotatable bonds is 13. The molecule has 4 amide bonds. The Labute approximate surface area is 307 Å². The lowest BCUT2D eigenvalue weighted by molar-refractivity contribution is -0.145. The Morgan fingerprint density at radius 3 is 2.47 bits per heavy atom.